The van der Waals surface area contributed by atoms with Gasteiger partial charge >= 0.3 is 5.97 Å². The van der Waals surface area contributed by atoms with E-state index in [1.807, 2.05) is 32.0 Å². The number of nitrogens with zero attached hydrogens (tertiary/aromatic N) is 4. The number of rotatable bonds is 5. The van der Waals surface area contributed by atoms with Crippen LogP contribution in [0.25, 0.3) is 0 Å². The molecular weight excluding hydrogens is 370 g/mol. The molecule has 1 atom stereocenters. The van der Waals surface area contributed by atoms with E-state index in [1.165, 1.54) is 22.9 Å². The summed E-state index contributed by atoms with van der Waals surface area (Å²) < 4.78 is 1.16. The molecule has 142 valence electrons. The molecule has 1 aliphatic heterocycles. The fourth-order valence-corrected chi connectivity index (χ4v) is 3.89. The molecule has 0 bridgehead atoms. The number of carboxylic acid groups (broad SMARTS) is 1. The van der Waals surface area contributed by atoms with Gasteiger partial charge in [-0.2, -0.15) is 0 Å². The van der Waals surface area contributed by atoms with Crippen molar-refractivity contribution in [1.29, 1.82) is 0 Å². The van der Waals surface area contributed by atoms with Crippen molar-refractivity contribution < 1.29 is 19.5 Å². The number of anilines is 1. The van der Waals surface area contributed by atoms with Gasteiger partial charge in [0, 0.05) is 11.4 Å². The number of aromatic carboxylic acids is 1. The monoisotopic (exact) mass is 389 g/mol. The molecule has 27 heavy (non-hydrogen) atoms. The van der Waals surface area contributed by atoms with Gasteiger partial charge in [0.15, 0.2) is 5.69 Å². The molecule has 1 aromatic carbocycles. The van der Waals surface area contributed by atoms with Crippen LogP contribution in [0.4, 0.5) is 5.69 Å². The molecule has 1 aromatic heterocycles. The molecule has 9 nitrogen and oxygen atoms in total. The van der Waals surface area contributed by atoms with E-state index in [9.17, 15) is 14.4 Å². The maximum atomic E-state index is 12.7. The molecule has 2 aromatic rings. The number of aryl methyl sites for hydroxylation is 1. The third-order valence-electron chi connectivity index (χ3n) is 4.42. The van der Waals surface area contributed by atoms with Crippen molar-refractivity contribution >= 4 is 35.2 Å². The van der Waals surface area contributed by atoms with Crippen molar-refractivity contribution in [2.24, 2.45) is 0 Å². The minimum Gasteiger partial charge on any atom is -0.476 e. The first-order chi connectivity index (χ1) is 12.9. The van der Waals surface area contributed by atoms with Crippen LogP contribution in [0, 0.1) is 13.8 Å². The van der Waals surface area contributed by atoms with E-state index >= 15 is 0 Å². The Hall–Kier alpha value is -2.88. The standard InChI is InChI=1S/C17H19N5O4S/c1-10-4-3-5-12(11(10)2)18-16(24)14-8-27-9-22(14)15(23)7-21-6-13(17(25)26)19-20-21/h3-6,14H,7-9H2,1-2H3,(H,18,24)(H,25,26). The maximum Gasteiger partial charge on any atom is 0.358 e. The summed E-state index contributed by atoms with van der Waals surface area (Å²) in [6, 6.07) is 5.08. The number of nitrogens with one attached hydrogen (secondary N) is 1. The van der Waals surface area contributed by atoms with Crippen molar-refractivity contribution in [3.05, 3.63) is 41.2 Å². The highest BCUT2D eigenvalue weighted by molar-refractivity contribution is 7.99. The topological polar surface area (TPSA) is 117 Å². The van der Waals surface area contributed by atoms with Gasteiger partial charge in [0.05, 0.1) is 12.1 Å². The second-order valence-corrected chi connectivity index (χ2v) is 7.22. The Labute approximate surface area is 159 Å². The van der Waals surface area contributed by atoms with Crippen LogP contribution in [0.5, 0.6) is 0 Å². The number of amides is 2. The van der Waals surface area contributed by atoms with E-state index in [0.29, 0.717) is 11.6 Å². The van der Waals surface area contributed by atoms with E-state index < -0.39 is 12.0 Å². The average Bonchev–Trinajstić information content (AvgIpc) is 3.28. The van der Waals surface area contributed by atoms with Gasteiger partial charge in [0.25, 0.3) is 0 Å². The Morgan fingerprint density at radius 2 is 2.11 bits per heavy atom. The SMILES string of the molecule is Cc1cccc(NC(=O)C2CSCN2C(=O)Cn2cc(C(=O)O)nn2)c1C. The summed E-state index contributed by atoms with van der Waals surface area (Å²) in [5.41, 5.74) is 2.55. The molecule has 1 fully saturated rings. The lowest BCUT2D eigenvalue weighted by atomic mass is 10.1. The predicted octanol–water partition coefficient (Wildman–Crippen LogP) is 1.13. The number of aromatic nitrogens is 3. The quantitative estimate of drug-likeness (QED) is 0.787. The first-order valence-electron chi connectivity index (χ1n) is 8.24. The van der Waals surface area contributed by atoms with Crippen molar-refractivity contribution in [3.63, 3.8) is 0 Å². The Kier molecular flexibility index (Phi) is 5.45. The molecule has 2 heterocycles. The minimum absolute atomic E-state index is 0.173. The van der Waals surface area contributed by atoms with Crippen LogP contribution in [0.2, 0.25) is 0 Å². The second-order valence-electron chi connectivity index (χ2n) is 6.22. The van der Waals surface area contributed by atoms with E-state index in [-0.39, 0.29) is 24.1 Å². The molecule has 1 saturated heterocycles. The molecule has 0 aliphatic carbocycles. The van der Waals surface area contributed by atoms with Crippen LogP contribution in [0.3, 0.4) is 0 Å². The number of hydrogen-bond acceptors (Lipinski definition) is 6. The largest absolute Gasteiger partial charge is 0.476 e. The summed E-state index contributed by atoms with van der Waals surface area (Å²) in [7, 11) is 0. The second kappa shape index (κ2) is 7.78. The first-order valence-corrected chi connectivity index (χ1v) is 9.40. The van der Waals surface area contributed by atoms with Gasteiger partial charge in [-0.25, -0.2) is 9.48 Å². The van der Waals surface area contributed by atoms with Gasteiger partial charge in [-0.15, -0.1) is 16.9 Å². The summed E-state index contributed by atoms with van der Waals surface area (Å²) in [5.74, 6) is -0.879. The number of thioether (sulfide) groups is 1. The maximum absolute atomic E-state index is 12.7. The Morgan fingerprint density at radius 1 is 1.33 bits per heavy atom. The molecule has 10 heteroatoms. The lowest BCUT2D eigenvalue weighted by Crippen LogP contribution is -2.45. The van der Waals surface area contributed by atoms with Gasteiger partial charge in [-0.3, -0.25) is 9.59 Å². The third kappa shape index (κ3) is 4.11. The molecule has 1 aliphatic rings. The summed E-state index contributed by atoms with van der Waals surface area (Å²) in [6.07, 6.45) is 1.19. The summed E-state index contributed by atoms with van der Waals surface area (Å²) in [4.78, 5) is 37.6. The highest BCUT2D eigenvalue weighted by atomic mass is 32.2. The van der Waals surface area contributed by atoms with Crippen molar-refractivity contribution in [1.82, 2.24) is 19.9 Å². The van der Waals surface area contributed by atoms with Crippen LogP contribution in [-0.2, 0) is 16.1 Å². The van der Waals surface area contributed by atoms with Gasteiger partial charge < -0.3 is 15.3 Å². The smallest absolute Gasteiger partial charge is 0.358 e. The lowest BCUT2D eigenvalue weighted by Gasteiger charge is -2.23. The summed E-state index contributed by atoms with van der Waals surface area (Å²) >= 11 is 1.49. The number of carbonyl (C=O) groups excluding carboxylic acids is 2. The molecule has 0 spiro atoms. The Morgan fingerprint density at radius 3 is 2.81 bits per heavy atom. The van der Waals surface area contributed by atoms with Crippen LogP contribution in [0.1, 0.15) is 21.6 Å². The van der Waals surface area contributed by atoms with E-state index in [2.05, 4.69) is 15.6 Å². The summed E-state index contributed by atoms with van der Waals surface area (Å²) in [5, 5.41) is 18.9. The zero-order chi connectivity index (χ0) is 19.6. The lowest BCUT2D eigenvalue weighted by molar-refractivity contribution is -0.136. The predicted molar refractivity (Wildman–Crippen MR) is 99.5 cm³/mol. The van der Waals surface area contributed by atoms with Gasteiger partial charge in [0.2, 0.25) is 11.8 Å². The van der Waals surface area contributed by atoms with Crippen LogP contribution in [0.15, 0.2) is 24.4 Å². The molecule has 0 radical (unpaired) electrons. The van der Waals surface area contributed by atoms with E-state index in [4.69, 9.17) is 5.11 Å². The van der Waals surface area contributed by atoms with Crippen molar-refractivity contribution in [2.45, 2.75) is 26.4 Å². The number of carbonyl (C=O) groups is 3. The fraction of sp³-hybridized carbons (Fsp3) is 0.353. The minimum atomic E-state index is -1.21. The number of hydrogen-bond donors (Lipinski definition) is 2. The molecule has 1 unspecified atom stereocenters. The van der Waals surface area contributed by atoms with E-state index in [0.717, 1.165) is 21.5 Å². The molecule has 2 N–H and O–H groups in total. The highest BCUT2D eigenvalue weighted by Crippen LogP contribution is 2.24. The average molecular weight is 389 g/mol. The molecule has 2 amide bonds. The summed E-state index contributed by atoms with van der Waals surface area (Å²) in [6.45, 7) is 3.73. The first kappa shape index (κ1) is 18.9. The van der Waals surface area contributed by atoms with Crippen LogP contribution >= 0.6 is 11.8 Å². The van der Waals surface area contributed by atoms with Crippen LogP contribution < -0.4 is 5.32 Å². The number of benzene rings is 1. The highest BCUT2D eigenvalue weighted by Gasteiger charge is 2.35. The van der Waals surface area contributed by atoms with Gasteiger partial charge in [-0.1, -0.05) is 17.3 Å². The zero-order valence-electron chi connectivity index (χ0n) is 14.9. The normalized spacial score (nSPS) is 16.4. The zero-order valence-corrected chi connectivity index (χ0v) is 15.7. The van der Waals surface area contributed by atoms with E-state index in [1.54, 1.807) is 0 Å². The van der Waals surface area contributed by atoms with Crippen LogP contribution in [-0.4, -0.2) is 60.5 Å². The van der Waals surface area contributed by atoms with Gasteiger partial charge in [0.1, 0.15) is 12.6 Å². The van der Waals surface area contributed by atoms with Crippen molar-refractivity contribution in [3.8, 4) is 0 Å². The molecular formula is C17H19N5O4S. The van der Waals surface area contributed by atoms with Crippen molar-refractivity contribution in [2.75, 3.05) is 16.9 Å². The Balaban J connectivity index is 1.68. The Bertz CT molecular complexity index is 897. The van der Waals surface area contributed by atoms with Gasteiger partial charge in [-0.05, 0) is 31.0 Å². The fourth-order valence-electron chi connectivity index (χ4n) is 2.71. The molecule has 3 rings (SSSR count). The third-order valence-corrected chi connectivity index (χ3v) is 5.44. The number of carboxylic acids is 1. The molecule has 0 saturated carbocycles.